The first kappa shape index (κ1) is 24.5. The lowest BCUT2D eigenvalue weighted by molar-refractivity contribution is -0.137. The van der Waals surface area contributed by atoms with Crippen molar-refractivity contribution in [3.63, 3.8) is 0 Å². The summed E-state index contributed by atoms with van der Waals surface area (Å²) in [6, 6.07) is 17.7. The van der Waals surface area contributed by atoms with Gasteiger partial charge in [-0.3, -0.25) is 0 Å². The number of aromatic nitrogens is 2. The lowest BCUT2D eigenvalue weighted by Gasteiger charge is -2.13. The molecule has 1 aromatic heterocycles. The zero-order chi connectivity index (χ0) is 25.7. The molecule has 3 aromatic carbocycles. The Morgan fingerprint density at radius 2 is 1.61 bits per heavy atom. The second-order valence-electron chi connectivity index (χ2n) is 7.40. The number of nitrogens with one attached hydrogen (secondary N) is 3. The minimum absolute atomic E-state index is 0.0619. The van der Waals surface area contributed by atoms with Gasteiger partial charge in [-0.2, -0.15) is 13.2 Å². The number of hydrogen-bond donors (Lipinski definition) is 3. The molecule has 0 atom stereocenters. The smallest absolute Gasteiger partial charge is 0.324 e. The lowest BCUT2D eigenvalue weighted by Crippen LogP contribution is -2.20. The summed E-state index contributed by atoms with van der Waals surface area (Å²) in [7, 11) is 0. The highest BCUT2D eigenvalue weighted by atomic mass is 35.5. The molecule has 0 aliphatic carbocycles. The predicted molar refractivity (Wildman–Crippen MR) is 133 cm³/mol. The molecule has 36 heavy (non-hydrogen) atoms. The van der Waals surface area contributed by atoms with Gasteiger partial charge in [0.2, 0.25) is 5.95 Å². The van der Waals surface area contributed by atoms with Crippen LogP contribution < -0.4 is 16.0 Å². The molecule has 4 aromatic rings. The molecule has 11 heteroatoms. The molecule has 0 radical (unpaired) electrons. The highest BCUT2D eigenvalue weighted by molar-refractivity contribution is 6.31. The zero-order valence-electron chi connectivity index (χ0n) is 18.3. The van der Waals surface area contributed by atoms with E-state index in [1.165, 1.54) is 6.07 Å². The van der Waals surface area contributed by atoms with Crippen molar-refractivity contribution in [2.45, 2.75) is 6.18 Å². The van der Waals surface area contributed by atoms with Crippen molar-refractivity contribution in [2.24, 2.45) is 0 Å². The van der Waals surface area contributed by atoms with Crippen LogP contribution in [0.15, 0.2) is 79.0 Å². The Kier molecular flexibility index (Phi) is 7.03. The molecule has 3 N–H and O–H groups in total. The van der Waals surface area contributed by atoms with E-state index in [0.717, 1.165) is 17.7 Å². The molecule has 0 aliphatic rings. The molecule has 180 valence electrons. The van der Waals surface area contributed by atoms with E-state index < -0.39 is 22.8 Å². The number of nitrogens with zero attached hydrogens (tertiary/aromatic N) is 3. The van der Waals surface area contributed by atoms with E-state index in [1.54, 1.807) is 60.8 Å². The van der Waals surface area contributed by atoms with Gasteiger partial charge < -0.3 is 16.0 Å². The molecule has 0 fully saturated rings. The van der Waals surface area contributed by atoms with Crippen LogP contribution in [0.4, 0.5) is 46.7 Å². The van der Waals surface area contributed by atoms with E-state index >= 15 is 0 Å². The van der Waals surface area contributed by atoms with E-state index in [9.17, 15) is 18.0 Å². The van der Waals surface area contributed by atoms with Crippen molar-refractivity contribution in [2.75, 3.05) is 16.0 Å². The Labute approximate surface area is 208 Å². The fourth-order valence-electron chi connectivity index (χ4n) is 3.20. The summed E-state index contributed by atoms with van der Waals surface area (Å²) in [6.07, 6.45) is -3.06. The van der Waals surface area contributed by atoms with Crippen molar-refractivity contribution >= 4 is 46.3 Å². The number of carbonyl (C=O) groups is 1. The van der Waals surface area contributed by atoms with Crippen LogP contribution in [-0.2, 0) is 6.18 Å². The Morgan fingerprint density at radius 3 is 2.31 bits per heavy atom. The van der Waals surface area contributed by atoms with Gasteiger partial charge in [-0.1, -0.05) is 41.9 Å². The molecule has 0 saturated carbocycles. The molecular formula is C25H16ClF3N6O. The van der Waals surface area contributed by atoms with Crippen molar-refractivity contribution in [1.29, 1.82) is 0 Å². The Morgan fingerprint density at radius 1 is 0.917 bits per heavy atom. The van der Waals surface area contributed by atoms with Gasteiger partial charge in [0.1, 0.15) is 0 Å². The van der Waals surface area contributed by atoms with E-state index in [1.807, 2.05) is 0 Å². The molecule has 0 saturated heterocycles. The number of rotatable bonds is 5. The Hall–Kier alpha value is -4.62. The van der Waals surface area contributed by atoms with E-state index in [-0.39, 0.29) is 5.69 Å². The number of benzene rings is 3. The predicted octanol–water partition coefficient (Wildman–Crippen LogP) is 7.75. The van der Waals surface area contributed by atoms with Gasteiger partial charge in [-0.25, -0.2) is 19.6 Å². The lowest BCUT2D eigenvalue weighted by atomic mass is 10.1. The van der Waals surface area contributed by atoms with E-state index in [0.29, 0.717) is 28.7 Å². The van der Waals surface area contributed by atoms with Crippen LogP contribution >= 0.6 is 11.6 Å². The minimum Gasteiger partial charge on any atom is -0.324 e. The highest BCUT2D eigenvalue weighted by Gasteiger charge is 2.33. The second kappa shape index (κ2) is 10.3. The SMILES string of the molecule is [C-]#[N+]c1ccc(-c2ccnc(Nc3cccc(NC(=O)Nc4ccc(Cl)c(C(F)(F)F)c4)c3)n2)cc1. The molecule has 2 amide bonds. The molecule has 4 rings (SSSR count). The first-order valence-electron chi connectivity index (χ1n) is 10.3. The van der Waals surface area contributed by atoms with Crippen molar-refractivity contribution in [1.82, 2.24) is 9.97 Å². The Bertz CT molecular complexity index is 1450. The second-order valence-corrected chi connectivity index (χ2v) is 7.81. The number of amides is 2. The summed E-state index contributed by atoms with van der Waals surface area (Å²) < 4.78 is 39.1. The standard InChI is InChI=1S/C25H16ClF3N6O/c1-30-16-7-5-15(6-8-16)22-11-12-31-23(35-22)32-17-3-2-4-18(13-17)33-24(36)34-19-9-10-21(26)20(14-19)25(27,28)29/h2-14H,(H,31,32,35)(H2,33,34,36). The molecule has 0 aliphatic heterocycles. The van der Waals surface area contributed by atoms with Gasteiger partial charge >= 0.3 is 12.2 Å². The maximum Gasteiger partial charge on any atom is 0.417 e. The van der Waals surface area contributed by atoms with Gasteiger partial charge in [0.05, 0.1) is 22.9 Å². The van der Waals surface area contributed by atoms with Crippen molar-refractivity contribution < 1.29 is 18.0 Å². The van der Waals surface area contributed by atoms with Crippen molar-refractivity contribution in [3.05, 3.63) is 101 Å². The molecule has 7 nitrogen and oxygen atoms in total. The van der Waals surface area contributed by atoms with Crippen LogP contribution in [0.2, 0.25) is 5.02 Å². The van der Waals surface area contributed by atoms with Gasteiger partial charge in [-0.05, 0) is 48.0 Å². The average Bonchev–Trinajstić information content (AvgIpc) is 2.85. The summed E-state index contributed by atoms with van der Waals surface area (Å²) in [6.45, 7) is 7.05. The maximum atomic E-state index is 13.0. The number of hydrogen-bond acceptors (Lipinski definition) is 4. The molecule has 0 spiro atoms. The number of anilines is 4. The van der Waals surface area contributed by atoms with Gasteiger partial charge in [0, 0.05) is 23.3 Å². The summed E-state index contributed by atoms with van der Waals surface area (Å²) in [4.78, 5) is 24.4. The monoisotopic (exact) mass is 508 g/mol. The highest BCUT2D eigenvalue weighted by Crippen LogP contribution is 2.36. The zero-order valence-corrected chi connectivity index (χ0v) is 19.0. The van der Waals surface area contributed by atoms with Crippen molar-refractivity contribution in [3.8, 4) is 11.3 Å². The number of halogens is 4. The number of carbonyl (C=O) groups excluding carboxylic acids is 1. The quantitative estimate of drug-likeness (QED) is 0.241. The summed E-state index contributed by atoms with van der Waals surface area (Å²) >= 11 is 5.61. The summed E-state index contributed by atoms with van der Waals surface area (Å²) in [5, 5.41) is 7.52. The molecule has 1 heterocycles. The molecule has 0 unspecified atom stereocenters. The minimum atomic E-state index is -4.65. The van der Waals surface area contributed by atoms with Gasteiger partial charge in [0.15, 0.2) is 5.69 Å². The van der Waals surface area contributed by atoms with Crippen LogP contribution in [0, 0.1) is 6.57 Å². The maximum absolute atomic E-state index is 13.0. The largest absolute Gasteiger partial charge is 0.417 e. The summed E-state index contributed by atoms with van der Waals surface area (Å²) in [5.41, 5.74) is 1.84. The molecule has 0 bridgehead atoms. The van der Waals surface area contributed by atoms with Gasteiger partial charge in [0.25, 0.3) is 0 Å². The molecular weight excluding hydrogens is 493 g/mol. The fraction of sp³-hybridized carbons (Fsp3) is 0.0400. The Balaban J connectivity index is 1.44. The third-order valence-corrected chi connectivity index (χ3v) is 5.18. The average molecular weight is 509 g/mol. The topological polar surface area (TPSA) is 83.3 Å². The van der Waals surface area contributed by atoms with Crippen LogP contribution in [0.5, 0.6) is 0 Å². The third kappa shape index (κ3) is 6.08. The van der Waals surface area contributed by atoms with Crippen LogP contribution in [0.3, 0.4) is 0 Å². The number of alkyl halides is 3. The normalized spacial score (nSPS) is 10.9. The van der Waals surface area contributed by atoms with E-state index in [4.69, 9.17) is 18.2 Å². The van der Waals surface area contributed by atoms with Crippen LogP contribution in [-0.4, -0.2) is 16.0 Å². The summed E-state index contributed by atoms with van der Waals surface area (Å²) in [5.74, 6) is 0.309. The fourth-order valence-corrected chi connectivity index (χ4v) is 3.43. The van der Waals surface area contributed by atoms with Crippen LogP contribution in [0.25, 0.3) is 16.1 Å². The van der Waals surface area contributed by atoms with Crippen LogP contribution in [0.1, 0.15) is 5.56 Å². The van der Waals surface area contributed by atoms with Gasteiger partial charge in [-0.15, -0.1) is 0 Å². The number of urea groups is 1. The van der Waals surface area contributed by atoms with E-state index in [2.05, 4.69) is 30.8 Å². The first-order valence-corrected chi connectivity index (χ1v) is 10.7. The third-order valence-electron chi connectivity index (χ3n) is 4.85. The first-order chi connectivity index (χ1) is 17.2.